The van der Waals surface area contributed by atoms with Crippen LogP contribution in [0.15, 0.2) is 109 Å². The zero-order chi connectivity index (χ0) is 28.1. The number of hydrogen-bond donors (Lipinski definition) is 2. The van der Waals surface area contributed by atoms with Crippen molar-refractivity contribution in [1.82, 2.24) is 0 Å². The number of fused-ring (bicyclic) bond motifs is 3. The molecule has 0 saturated carbocycles. The van der Waals surface area contributed by atoms with Gasteiger partial charge in [-0.2, -0.15) is 0 Å². The first-order valence-corrected chi connectivity index (χ1v) is 13.3. The first-order valence-electron chi connectivity index (χ1n) is 13.3. The van der Waals surface area contributed by atoms with Crippen molar-refractivity contribution in [3.8, 4) is 22.6 Å². The molecule has 0 bridgehead atoms. The van der Waals surface area contributed by atoms with Crippen LogP contribution in [0.1, 0.15) is 36.1 Å². The quantitative estimate of drug-likeness (QED) is 0.250. The van der Waals surface area contributed by atoms with Gasteiger partial charge in [-0.15, -0.1) is 0 Å². The molecule has 0 amide bonds. The number of rotatable bonds is 8. The molecule has 6 nitrogen and oxygen atoms in total. The third-order valence-corrected chi connectivity index (χ3v) is 6.90. The standard InChI is InChI=1S/C31H30O4.C3H2O2/c1-21(32)19-34-25-15-11-23(12-16-25)31(24-13-17-26(18-14-24)35-20-22(2)33)29-9-5-3-7-27(29)28-8-4-6-10-30(28)31;4-3-1-2-5-3/h3-18,21-22,32-33H,19-20H2,1-2H3;1-2H. The summed E-state index contributed by atoms with van der Waals surface area (Å²) in [5.41, 5.74) is 6.69. The SMILES string of the molecule is CC(O)COc1ccc(C2(c3ccc(OCC(C)O)cc3)c3ccccc3-c3ccccc32)cc1.O=C1C=CO1. The molecular formula is C34H32O6. The molecule has 2 atom stereocenters. The summed E-state index contributed by atoms with van der Waals surface area (Å²) >= 11 is 0. The molecule has 40 heavy (non-hydrogen) atoms. The van der Waals surface area contributed by atoms with Crippen LogP contribution in [0.4, 0.5) is 0 Å². The second-order valence-electron chi connectivity index (χ2n) is 9.95. The van der Waals surface area contributed by atoms with Crippen LogP contribution in [0.2, 0.25) is 0 Å². The summed E-state index contributed by atoms with van der Waals surface area (Å²) in [6.45, 7) is 3.93. The number of esters is 1. The Morgan fingerprint density at radius 3 is 1.38 bits per heavy atom. The number of carbonyl (C=O) groups is 1. The average molecular weight is 537 g/mol. The summed E-state index contributed by atoms with van der Waals surface area (Å²) in [6, 6.07) is 33.6. The van der Waals surface area contributed by atoms with Crippen LogP contribution >= 0.6 is 0 Å². The fourth-order valence-corrected chi connectivity index (χ4v) is 5.18. The lowest BCUT2D eigenvalue weighted by Crippen LogP contribution is -2.28. The van der Waals surface area contributed by atoms with E-state index in [1.807, 2.05) is 24.3 Å². The molecule has 6 rings (SSSR count). The molecule has 4 aromatic carbocycles. The van der Waals surface area contributed by atoms with E-state index in [0.29, 0.717) is 0 Å². The predicted molar refractivity (Wildman–Crippen MR) is 153 cm³/mol. The van der Waals surface area contributed by atoms with E-state index in [0.717, 1.165) is 22.6 Å². The number of aliphatic hydroxyl groups is 2. The monoisotopic (exact) mass is 536 g/mol. The van der Waals surface area contributed by atoms with Crippen LogP contribution < -0.4 is 9.47 Å². The van der Waals surface area contributed by atoms with Crippen LogP contribution in [0.3, 0.4) is 0 Å². The lowest BCUT2D eigenvalue weighted by molar-refractivity contribution is -0.136. The van der Waals surface area contributed by atoms with Crippen molar-refractivity contribution in [2.45, 2.75) is 31.5 Å². The third kappa shape index (κ3) is 5.37. The van der Waals surface area contributed by atoms with Crippen molar-refractivity contribution in [1.29, 1.82) is 0 Å². The molecule has 6 heteroatoms. The van der Waals surface area contributed by atoms with Gasteiger partial charge in [-0.25, -0.2) is 4.79 Å². The minimum atomic E-state index is -0.524. The Kier molecular flexibility index (Phi) is 8.01. The lowest BCUT2D eigenvalue weighted by Gasteiger charge is -2.34. The van der Waals surface area contributed by atoms with Gasteiger partial charge in [0.1, 0.15) is 31.0 Å². The normalized spacial score (nSPS) is 15.3. The summed E-state index contributed by atoms with van der Waals surface area (Å²) in [5, 5.41) is 19.2. The Morgan fingerprint density at radius 2 is 1.05 bits per heavy atom. The van der Waals surface area contributed by atoms with Crippen LogP contribution in [0.5, 0.6) is 11.5 Å². The molecular weight excluding hydrogens is 504 g/mol. The van der Waals surface area contributed by atoms with Gasteiger partial charge < -0.3 is 24.4 Å². The van der Waals surface area contributed by atoms with Crippen molar-refractivity contribution in [2.24, 2.45) is 0 Å². The van der Waals surface area contributed by atoms with Crippen LogP contribution in [-0.4, -0.2) is 41.6 Å². The van der Waals surface area contributed by atoms with E-state index in [2.05, 4.69) is 77.5 Å². The molecule has 2 unspecified atom stereocenters. The van der Waals surface area contributed by atoms with Gasteiger partial charge in [0.25, 0.3) is 0 Å². The summed E-state index contributed by atoms with van der Waals surface area (Å²) in [7, 11) is 0. The van der Waals surface area contributed by atoms with E-state index in [1.165, 1.54) is 34.6 Å². The minimum Gasteiger partial charge on any atom is -0.491 e. The number of ether oxygens (including phenoxy) is 3. The highest BCUT2D eigenvalue weighted by atomic mass is 16.5. The first-order chi connectivity index (χ1) is 19.4. The zero-order valence-electron chi connectivity index (χ0n) is 22.5. The second-order valence-corrected chi connectivity index (χ2v) is 9.95. The van der Waals surface area contributed by atoms with Gasteiger partial charge in [0.2, 0.25) is 0 Å². The molecule has 0 radical (unpaired) electrons. The maximum absolute atomic E-state index is 9.59. The summed E-state index contributed by atoms with van der Waals surface area (Å²) in [5.74, 6) is 1.21. The number of carbonyl (C=O) groups excluding carboxylic acids is 1. The Hall–Kier alpha value is -4.39. The Labute approximate surface area is 234 Å². The van der Waals surface area contributed by atoms with E-state index < -0.39 is 17.6 Å². The highest BCUT2D eigenvalue weighted by molar-refractivity contribution is 5.87. The molecule has 0 aromatic heterocycles. The highest BCUT2D eigenvalue weighted by Gasteiger charge is 2.45. The Balaban J connectivity index is 0.000000582. The van der Waals surface area contributed by atoms with Gasteiger partial charge in [0.05, 0.1) is 23.7 Å². The molecule has 2 aliphatic rings. The van der Waals surface area contributed by atoms with E-state index in [4.69, 9.17) is 9.47 Å². The Morgan fingerprint density at radius 1 is 0.675 bits per heavy atom. The van der Waals surface area contributed by atoms with Gasteiger partial charge in [-0.05, 0) is 71.5 Å². The van der Waals surface area contributed by atoms with Crippen molar-refractivity contribution >= 4 is 5.97 Å². The molecule has 1 heterocycles. The molecule has 2 N–H and O–H groups in total. The fraction of sp³-hybridized carbons (Fsp3) is 0.206. The maximum Gasteiger partial charge on any atom is 0.338 e. The molecule has 4 aromatic rings. The molecule has 204 valence electrons. The van der Waals surface area contributed by atoms with E-state index >= 15 is 0 Å². The first kappa shape index (κ1) is 27.2. The Bertz CT molecular complexity index is 1380. The molecule has 1 aliphatic heterocycles. The topological polar surface area (TPSA) is 85.2 Å². The second kappa shape index (κ2) is 11.8. The van der Waals surface area contributed by atoms with Crippen molar-refractivity contribution in [2.75, 3.05) is 13.2 Å². The number of aliphatic hydroxyl groups excluding tert-OH is 2. The van der Waals surface area contributed by atoms with E-state index in [1.54, 1.807) is 13.8 Å². The van der Waals surface area contributed by atoms with Crippen LogP contribution in [0, 0.1) is 0 Å². The lowest BCUT2D eigenvalue weighted by atomic mass is 9.68. The van der Waals surface area contributed by atoms with Gasteiger partial charge in [0.15, 0.2) is 0 Å². The average Bonchev–Trinajstić information content (AvgIpc) is 3.26. The fourth-order valence-electron chi connectivity index (χ4n) is 5.18. The van der Waals surface area contributed by atoms with Gasteiger partial charge in [-0.1, -0.05) is 72.8 Å². The van der Waals surface area contributed by atoms with Crippen LogP contribution in [-0.2, 0) is 14.9 Å². The molecule has 1 aliphatic carbocycles. The smallest absolute Gasteiger partial charge is 0.338 e. The van der Waals surface area contributed by atoms with Gasteiger partial charge in [0, 0.05) is 0 Å². The molecule has 0 fully saturated rings. The number of benzene rings is 4. The van der Waals surface area contributed by atoms with E-state index in [-0.39, 0.29) is 19.2 Å². The van der Waals surface area contributed by atoms with Gasteiger partial charge in [-0.3, -0.25) is 0 Å². The maximum atomic E-state index is 9.59. The van der Waals surface area contributed by atoms with Crippen molar-refractivity contribution in [3.63, 3.8) is 0 Å². The van der Waals surface area contributed by atoms with Crippen molar-refractivity contribution in [3.05, 3.63) is 132 Å². The van der Waals surface area contributed by atoms with Crippen molar-refractivity contribution < 1.29 is 29.2 Å². The van der Waals surface area contributed by atoms with E-state index in [9.17, 15) is 15.0 Å². The summed E-state index contributed by atoms with van der Waals surface area (Å²) < 4.78 is 15.6. The molecule has 0 spiro atoms. The predicted octanol–water partition coefficient (Wildman–Crippen LogP) is 5.63. The van der Waals surface area contributed by atoms with Crippen LogP contribution in [0.25, 0.3) is 11.1 Å². The highest BCUT2D eigenvalue weighted by Crippen LogP contribution is 2.56. The minimum absolute atomic E-state index is 0.245. The summed E-state index contributed by atoms with van der Waals surface area (Å²) in [6.07, 6.45) is 1.66. The molecule has 0 saturated heterocycles. The zero-order valence-corrected chi connectivity index (χ0v) is 22.5. The number of hydrogen-bond acceptors (Lipinski definition) is 6. The van der Waals surface area contributed by atoms with Gasteiger partial charge >= 0.3 is 5.97 Å². The third-order valence-electron chi connectivity index (χ3n) is 6.90. The number of cyclic esters (lactones) is 1. The largest absolute Gasteiger partial charge is 0.491 e. The summed E-state index contributed by atoms with van der Waals surface area (Å²) in [4.78, 5) is 9.59.